The first-order chi connectivity index (χ1) is 12.2. The molecule has 0 atom stereocenters. The van der Waals surface area contributed by atoms with Crippen molar-refractivity contribution < 1.29 is 9.53 Å². The molecule has 0 unspecified atom stereocenters. The number of aryl methyl sites for hydroxylation is 1. The number of carbonyl (C=O) groups excluding carboxylic acids is 1. The number of rotatable bonds is 6. The highest BCUT2D eigenvalue weighted by atomic mass is 32.1. The summed E-state index contributed by atoms with van der Waals surface area (Å²) in [5.41, 5.74) is 3.44. The molecule has 0 aliphatic heterocycles. The fourth-order valence-electron chi connectivity index (χ4n) is 2.42. The van der Waals surface area contributed by atoms with Crippen molar-refractivity contribution in [2.45, 2.75) is 6.92 Å². The van der Waals surface area contributed by atoms with E-state index in [1.807, 2.05) is 60.8 Å². The van der Waals surface area contributed by atoms with Crippen LogP contribution in [0.2, 0.25) is 0 Å². The highest BCUT2D eigenvalue weighted by Gasteiger charge is 2.07. The van der Waals surface area contributed by atoms with Crippen molar-refractivity contribution in [3.63, 3.8) is 0 Å². The molecular formula is C19H19N3O2S. The summed E-state index contributed by atoms with van der Waals surface area (Å²) in [5.74, 6) is 0.578. The van der Waals surface area contributed by atoms with E-state index in [0.29, 0.717) is 5.75 Å². The van der Waals surface area contributed by atoms with Crippen LogP contribution in [0.1, 0.15) is 5.01 Å². The van der Waals surface area contributed by atoms with Crippen LogP contribution >= 0.6 is 11.3 Å². The quantitative estimate of drug-likeness (QED) is 0.698. The zero-order valence-electron chi connectivity index (χ0n) is 14.1. The summed E-state index contributed by atoms with van der Waals surface area (Å²) in [5, 5.41) is 9.02. The smallest absolute Gasteiger partial charge is 0.243 e. The molecule has 3 aromatic rings. The summed E-state index contributed by atoms with van der Waals surface area (Å²) >= 11 is 1.61. The minimum absolute atomic E-state index is 0.127. The van der Waals surface area contributed by atoms with E-state index in [2.05, 4.69) is 15.6 Å². The number of hydrogen-bond donors (Lipinski definition) is 2. The van der Waals surface area contributed by atoms with Gasteiger partial charge in [0.25, 0.3) is 0 Å². The Bertz CT molecular complexity index is 876. The average Bonchev–Trinajstić information content (AvgIpc) is 3.07. The van der Waals surface area contributed by atoms with Crippen LogP contribution in [0.3, 0.4) is 0 Å². The lowest BCUT2D eigenvalue weighted by molar-refractivity contribution is -0.114. The maximum atomic E-state index is 12.2. The predicted molar refractivity (Wildman–Crippen MR) is 102 cm³/mol. The van der Waals surface area contributed by atoms with Crippen molar-refractivity contribution in [2.75, 3.05) is 24.3 Å². The second-order valence-corrected chi connectivity index (χ2v) is 6.50. The minimum atomic E-state index is -0.127. The Balaban J connectivity index is 1.63. The van der Waals surface area contributed by atoms with Gasteiger partial charge in [0.05, 0.1) is 30.0 Å². The van der Waals surface area contributed by atoms with Gasteiger partial charge in [-0.3, -0.25) is 4.79 Å². The van der Waals surface area contributed by atoms with Gasteiger partial charge in [-0.25, -0.2) is 4.98 Å². The number of nitrogens with one attached hydrogen (secondary N) is 2. The van der Waals surface area contributed by atoms with Gasteiger partial charge in [0.15, 0.2) is 0 Å². The third kappa shape index (κ3) is 4.36. The summed E-state index contributed by atoms with van der Waals surface area (Å²) in [7, 11) is 1.60. The van der Waals surface area contributed by atoms with Gasteiger partial charge in [0.1, 0.15) is 5.75 Å². The van der Waals surface area contributed by atoms with Gasteiger partial charge in [0, 0.05) is 16.6 Å². The van der Waals surface area contributed by atoms with Crippen LogP contribution in [0.15, 0.2) is 53.9 Å². The first-order valence-corrected chi connectivity index (χ1v) is 8.73. The van der Waals surface area contributed by atoms with E-state index in [1.165, 1.54) is 0 Å². The summed E-state index contributed by atoms with van der Waals surface area (Å²) in [6.45, 7) is 2.13. The van der Waals surface area contributed by atoms with Gasteiger partial charge in [-0.1, -0.05) is 24.3 Å². The second-order valence-electron chi connectivity index (χ2n) is 5.43. The fraction of sp³-hybridized carbons (Fsp3) is 0.158. The summed E-state index contributed by atoms with van der Waals surface area (Å²) in [4.78, 5) is 16.7. The second kappa shape index (κ2) is 7.81. The van der Waals surface area contributed by atoms with Crippen molar-refractivity contribution in [3.8, 4) is 17.0 Å². The summed E-state index contributed by atoms with van der Waals surface area (Å²) < 4.78 is 5.26. The van der Waals surface area contributed by atoms with Gasteiger partial charge in [-0.05, 0) is 31.2 Å². The monoisotopic (exact) mass is 353 g/mol. The van der Waals surface area contributed by atoms with Crippen LogP contribution in [-0.4, -0.2) is 24.5 Å². The van der Waals surface area contributed by atoms with Gasteiger partial charge in [-0.2, -0.15) is 0 Å². The molecule has 0 fully saturated rings. The average molecular weight is 353 g/mol. The molecule has 3 rings (SSSR count). The fourth-order valence-corrected chi connectivity index (χ4v) is 3.05. The number of carbonyl (C=O) groups is 1. The molecule has 1 amide bonds. The molecule has 0 spiro atoms. The molecule has 6 heteroatoms. The van der Waals surface area contributed by atoms with Crippen LogP contribution in [-0.2, 0) is 4.79 Å². The Hall–Kier alpha value is -2.86. The highest BCUT2D eigenvalue weighted by molar-refractivity contribution is 7.09. The number of aromatic nitrogens is 1. The van der Waals surface area contributed by atoms with Crippen LogP contribution in [0.5, 0.6) is 5.75 Å². The van der Waals surface area contributed by atoms with E-state index in [1.54, 1.807) is 18.4 Å². The number of hydrogen-bond acceptors (Lipinski definition) is 5. The highest BCUT2D eigenvalue weighted by Crippen LogP contribution is 2.25. The van der Waals surface area contributed by atoms with Crippen LogP contribution in [0.25, 0.3) is 11.3 Å². The van der Waals surface area contributed by atoms with Crippen molar-refractivity contribution in [2.24, 2.45) is 0 Å². The third-order valence-electron chi connectivity index (χ3n) is 3.61. The number of thiazole rings is 1. The van der Waals surface area contributed by atoms with Crippen LogP contribution in [0, 0.1) is 6.92 Å². The maximum absolute atomic E-state index is 12.2. The molecule has 5 nitrogen and oxygen atoms in total. The van der Waals surface area contributed by atoms with Gasteiger partial charge in [0.2, 0.25) is 5.91 Å². The third-order valence-corrected chi connectivity index (χ3v) is 4.38. The summed E-state index contributed by atoms with van der Waals surface area (Å²) in [6, 6.07) is 15.2. The largest absolute Gasteiger partial charge is 0.495 e. The molecule has 0 radical (unpaired) electrons. The summed E-state index contributed by atoms with van der Waals surface area (Å²) in [6.07, 6.45) is 0. The normalized spacial score (nSPS) is 10.3. The number of amides is 1. The lowest BCUT2D eigenvalue weighted by Gasteiger charge is -2.11. The van der Waals surface area contributed by atoms with Crippen molar-refractivity contribution in [1.82, 2.24) is 4.98 Å². The first-order valence-electron chi connectivity index (χ1n) is 7.85. The number of nitrogens with zero attached hydrogens (tertiary/aromatic N) is 1. The van der Waals surface area contributed by atoms with Gasteiger partial charge >= 0.3 is 0 Å². The molecule has 128 valence electrons. The molecule has 1 aromatic heterocycles. The molecule has 0 aliphatic rings. The van der Waals surface area contributed by atoms with Gasteiger partial charge < -0.3 is 15.4 Å². The number of anilines is 2. The van der Waals surface area contributed by atoms with Crippen molar-refractivity contribution in [3.05, 3.63) is 58.9 Å². The Morgan fingerprint density at radius 3 is 2.80 bits per heavy atom. The van der Waals surface area contributed by atoms with E-state index >= 15 is 0 Å². The standard InChI is InChI=1S/C19H19N3O2S/c1-13-21-17(12-25-13)14-6-5-7-15(10-14)22-19(23)11-20-16-8-3-4-9-18(16)24-2/h3-10,12,20H,11H2,1-2H3,(H,22,23). The van der Waals surface area contributed by atoms with Gasteiger partial charge in [-0.15, -0.1) is 11.3 Å². The SMILES string of the molecule is COc1ccccc1NCC(=O)Nc1cccc(-c2csc(C)n2)c1. The van der Waals surface area contributed by atoms with Crippen LogP contribution in [0.4, 0.5) is 11.4 Å². The molecule has 0 saturated heterocycles. The molecule has 25 heavy (non-hydrogen) atoms. The molecule has 0 aliphatic carbocycles. The Labute approximate surface area is 150 Å². The Morgan fingerprint density at radius 2 is 2.04 bits per heavy atom. The molecule has 1 heterocycles. The lowest BCUT2D eigenvalue weighted by atomic mass is 10.1. The zero-order chi connectivity index (χ0) is 17.6. The van der Waals surface area contributed by atoms with E-state index < -0.39 is 0 Å². The van der Waals surface area contributed by atoms with E-state index in [9.17, 15) is 4.79 Å². The maximum Gasteiger partial charge on any atom is 0.243 e. The molecule has 2 N–H and O–H groups in total. The molecular weight excluding hydrogens is 334 g/mol. The van der Waals surface area contributed by atoms with Crippen molar-refractivity contribution in [1.29, 1.82) is 0 Å². The Morgan fingerprint density at radius 1 is 1.20 bits per heavy atom. The molecule has 2 aromatic carbocycles. The van der Waals surface area contributed by atoms with E-state index in [0.717, 1.165) is 27.6 Å². The number of para-hydroxylation sites is 2. The van der Waals surface area contributed by atoms with Crippen LogP contribution < -0.4 is 15.4 Å². The topological polar surface area (TPSA) is 63.2 Å². The van der Waals surface area contributed by atoms with Crippen molar-refractivity contribution >= 4 is 28.6 Å². The minimum Gasteiger partial charge on any atom is -0.495 e. The predicted octanol–water partition coefficient (Wildman–Crippen LogP) is 4.18. The zero-order valence-corrected chi connectivity index (χ0v) is 14.9. The number of methoxy groups -OCH3 is 1. The van der Waals surface area contributed by atoms with E-state index in [-0.39, 0.29) is 12.5 Å². The number of ether oxygens (including phenoxy) is 1. The van der Waals surface area contributed by atoms with E-state index in [4.69, 9.17) is 4.74 Å². The first kappa shape index (κ1) is 17.0. The molecule has 0 saturated carbocycles. The molecule has 0 bridgehead atoms. The lowest BCUT2D eigenvalue weighted by Crippen LogP contribution is -2.21. The number of benzene rings is 2. The Kier molecular flexibility index (Phi) is 5.30.